The first kappa shape index (κ1) is 15.0. The van der Waals surface area contributed by atoms with Crippen LogP contribution in [-0.2, 0) is 10.0 Å². The van der Waals surface area contributed by atoms with Crippen molar-refractivity contribution < 1.29 is 21.6 Å². The third kappa shape index (κ3) is 3.98. The number of halogens is 3. The molecule has 104 valence electrons. The van der Waals surface area contributed by atoms with Crippen LogP contribution in [0.3, 0.4) is 0 Å². The van der Waals surface area contributed by atoms with Crippen LogP contribution in [0.2, 0.25) is 0 Å². The van der Waals surface area contributed by atoms with Crippen LogP contribution in [0, 0.1) is 0 Å². The van der Waals surface area contributed by atoms with E-state index in [0.717, 1.165) is 6.07 Å². The monoisotopic (exact) mass is 285 g/mol. The standard InChI is InChI=1S/C9H14F3N3O2S/c1-2-3-6-15(7-9(10,11)12)18(16,17)8-4-5-13-14-8/h4-5H,2-3,6-7H2,1H3,(H,13,14). The molecule has 0 amide bonds. The highest BCUT2D eigenvalue weighted by Gasteiger charge is 2.37. The van der Waals surface area contributed by atoms with E-state index >= 15 is 0 Å². The first-order chi connectivity index (χ1) is 8.27. The molecular weight excluding hydrogens is 271 g/mol. The second-order valence-electron chi connectivity index (χ2n) is 3.73. The predicted molar refractivity (Wildman–Crippen MR) is 58.3 cm³/mol. The fourth-order valence-electron chi connectivity index (χ4n) is 1.34. The molecule has 0 aliphatic carbocycles. The zero-order chi connectivity index (χ0) is 13.8. The van der Waals surface area contributed by atoms with E-state index in [0.29, 0.717) is 17.1 Å². The zero-order valence-electron chi connectivity index (χ0n) is 9.74. The summed E-state index contributed by atoms with van der Waals surface area (Å²) in [5.41, 5.74) is 0. The second kappa shape index (κ2) is 5.70. The highest BCUT2D eigenvalue weighted by atomic mass is 32.2. The van der Waals surface area contributed by atoms with Gasteiger partial charge in [0.1, 0.15) is 6.54 Å². The number of aromatic amines is 1. The zero-order valence-corrected chi connectivity index (χ0v) is 10.6. The Bertz CT molecular complexity index is 456. The maximum Gasteiger partial charge on any atom is 0.402 e. The molecule has 1 N–H and O–H groups in total. The lowest BCUT2D eigenvalue weighted by Crippen LogP contribution is -2.39. The van der Waals surface area contributed by atoms with E-state index in [1.165, 1.54) is 6.20 Å². The fourth-order valence-corrected chi connectivity index (χ4v) is 2.71. The fraction of sp³-hybridized carbons (Fsp3) is 0.667. The largest absolute Gasteiger partial charge is 0.402 e. The Labute approximate surface area is 103 Å². The Hall–Kier alpha value is -1.09. The third-order valence-electron chi connectivity index (χ3n) is 2.21. The molecule has 0 aromatic carbocycles. The molecular formula is C9H14F3N3O2S. The average Bonchev–Trinajstić information content (AvgIpc) is 2.76. The third-order valence-corrected chi connectivity index (χ3v) is 3.98. The summed E-state index contributed by atoms with van der Waals surface area (Å²) in [6, 6.07) is 1.13. The van der Waals surface area contributed by atoms with E-state index in [9.17, 15) is 21.6 Å². The highest BCUT2D eigenvalue weighted by molar-refractivity contribution is 7.89. The number of H-pyrrole nitrogens is 1. The molecule has 0 aliphatic rings. The van der Waals surface area contributed by atoms with Crippen LogP contribution in [0.5, 0.6) is 0 Å². The van der Waals surface area contributed by atoms with Crippen LogP contribution in [0.15, 0.2) is 17.3 Å². The van der Waals surface area contributed by atoms with Crippen molar-refractivity contribution in [1.82, 2.24) is 14.5 Å². The van der Waals surface area contributed by atoms with Crippen molar-refractivity contribution >= 4 is 10.0 Å². The minimum Gasteiger partial charge on any atom is -0.266 e. The quantitative estimate of drug-likeness (QED) is 0.866. The van der Waals surface area contributed by atoms with Crippen molar-refractivity contribution in [1.29, 1.82) is 0 Å². The number of nitrogens with one attached hydrogen (secondary N) is 1. The summed E-state index contributed by atoms with van der Waals surface area (Å²) in [5, 5.41) is 5.28. The molecule has 18 heavy (non-hydrogen) atoms. The van der Waals surface area contributed by atoms with E-state index in [-0.39, 0.29) is 11.6 Å². The van der Waals surface area contributed by atoms with Crippen molar-refractivity contribution in [2.24, 2.45) is 0 Å². The second-order valence-corrected chi connectivity index (χ2v) is 5.63. The van der Waals surface area contributed by atoms with Gasteiger partial charge in [-0.3, -0.25) is 5.10 Å². The Kier molecular flexibility index (Phi) is 4.74. The summed E-state index contributed by atoms with van der Waals surface area (Å²) in [6.45, 7) is 0.111. The molecule has 0 radical (unpaired) electrons. The molecule has 0 fully saturated rings. The van der Waals surface area contributed by atoms with Gasteiger partial charge in [0.15, 0.2) is 5.03 Å². The van der Waals surface area contributed by atoms with Gasteiger partial charge in [-0.15, -0.1) is 0 Å². The highest BCUT2D eigenvalue weighted by Crippen LogP contribution is 2.22. The van der Waals surface area contributed by atoms with E-state index in [1.54, 1.807) is 6.92 Å². The summed E-state index contributed by atoms with van der Waals surface area (Å²) < 4.78 is 61.4. The number of unbranched alkanes of at least 4 members (excludes halogenated alkanes) is 1. The van der Waals surface area contributed by atoms with Crippen molar-refractivity contribution in [3.63, 3.8) is 0 Å². The molecule has 1 aromatic rings. The number of alkyl halides is 3. The maximum atomic E-state index is 12.4. The van der Waals surface area contributed by atoms with Crippen LogP contribution in [0.1, 0.15) is 19.8 Å². The average molecular weight is 285 g/mol. The molecule has 0 aliphatic heterocycles. The Morgan fingerprint density at radius 3 is 2.56 bits per heavy atom. The lowest BCUT2D eigenvalue weighted by molar-refractivity contribution is -0.136. The summed E-state index contributed by atoms with van der Waals surface area (Å²) in [7, 11) is -4.17. The topological polar surface area (TPSA) is 66.1 Å². The summed E-state index contributed by atoms with van der Waals surface area (Å²) in [6.07, 6.45) is -2.42. The molecule has 1 aromatic heterocycles. The number of hydrogen-bond donors (Lipinski definition) is 1. The SMILES string of the molecule is CCCCN(CC(F)(F)F)S(=O)(=O)c1ccn[nH]1. The van der Waals surface area contributed by atoms with Crippen LogP contribution < -0.4 is 0 Å². The van der Waals surface area contributed by atoms with Crippen molar-refractivity contribution in [2.75, 3.05) is 13.1 Å². The van der Waals surface area contributed by atoms with Gasteiger partial charge in [-0.2, -0.15) is 22.6 Å². The van der Waals surface area contributed by atoms with E-state index in [2.05, 4.69) is 10.2 Å². The molecule has 1 heterocycles. The van der Waals surface area contributed by atoms with E-state index in [4.69, 9.17) is 0 Å². The Balaban J connectivity index is 2.95. The van der Waals surface area contributed by atoms with Crippen LogP contribution >= 0.6 is 0 Å². The van der Waals surface area contributed by atoms with Gasteiger partial charge in [0.25, 0.3) is 10.0 Å². The summed E-state index contributed by atoms with van der Waals surface area (Å²) >= 11 is 0. The maximum absolute atomic E-state index is 12.4. The molecule has 0 atom stereocenters. The number of hydrogen-bond acceptors (Lipinski definition) is 3. The number of sulfonamides is 1. The minimum absolute atomic E-state index is 0.169. The van der Waals surface area contributed by atoms with Gasteiger partial charge in [-0.25, -0.2) is 8.42 Å². The lowest BCUT2D eigenvalue weighted by Gasteiger charge is -2.22. The molecule has 9 heteroatoms. The number of aromatic nitrogens is 2. The van der Waals surface area contributed by atoms with E-state index < -0.39 is 22.7 Å². The van der Waals surface area contributed by atoms with Crippen LogP contribution in [-0.4, -0.2) is 42.2 Å². The van der Waals surface area contributed by atoms with Gasteiger partial charge >= 0.3 is 6.18 Å². The van der Waals surface area contributed by atoms with Gasteiger partial charge in [0.05, 0.1) is 6.20 Å². The van der Waals surface area contributed by atoms with Gasteiger partial charge in [0, 0.05) is 6.54 Å². The Morgan fingerprint density at radius 1 is 1.44 bits per heavy atom. The van der Waals surface area contributed by atoms with Crippen LogP contribution in [0.25, 0.3) is 0 Å². The molecule has 0 saturated carbocycles. The van der Waals surface area contributed by atoms with Gasteiger partial charge in [-0.05, 0) is 12.5 Å². The normalized spacial score (nSPS) is 13.2. The van der Waals surface area contributed by atoms with E-state index in [1.807, 2.05) is 0 Å². The number of rotatable bonds is 6. The van der Waals surface area contributed by atoms with Gasteiger partial charge < -0.3 is 0 Å². The lowest BCUT2D eigenvalue weighted by atomic mass is 10.3. The van der Waals surface area contributed by atoms with Crippen molar-refractivity contribution in [2.45, 2.75) is 31.0 Å². The molecule has 0 saturated heterocycles. The Morgan fingerprint density at radius 2 is 2.11 bits per heavy atom. The number of nitrogens with zero attached hydrogens (tertiary/aromatic N) is 2. The van der Waals surface area contributed by atoms with Gasteiger partial charge in [0.2, 0.25) is 0 Å². The molecule has 5 nitrogen and oxygen atoms in total. The predicted octanol–water partition coefficient (Wildman–Crippen LogP) is 1.76. The minimum atomic E-state index is -4.57. The molecule has 1 rings (SSSR count). The van der Waals surface area contributed by atoms with Crippen molar-refractivity contribution in [3.8, 4) is 0 Å². The molecule has 0 unspecified atom stereocenters. The molecule has 0 spiro atoms. The smallest absolute Gasteiger partial charge is 0.266 e. The van der Waals surface area contributed by atoms with Crippen LogP contribution in [0.4, 0.5) is 13.2 Å². The van der Waals surface area contributed by atoms with Crippen molar-refractivity contribution in [3.05, 3.63) is 12.3 Å². The summed E-state index contributed by atoms with van der Waals surface area (Å²) in [4.78, 5) is 0. The first-order valence-electron chi connectivity index (χ1n) is 5.33. The first-order valence-corrected chi connectivity index (χ1v) is 6.77. The summed E-state index contributed by atoms with van der Waals surface area (Å²) in [5.74, 6) is 0. The molecule has 0 bridgehead atoms. The van der Waals surface area contributed by atoms with Gasteiger partial charge in [-0.1, -0.05) is 13.3 Å².